The Morgan fingerprint density at radius 1 is 1.33 bits per heavy atom. The number of rotatable bonds is 1. The molecule has 0 amide bonds. The Morgan fingerprint density at radius 3 is 3.13 bits per heavy atom. The lowest BCUT2D eigenvalue weighted by molar-refractivity contribution is 0.360. The van der Waals surface area contributed by atoms with Crippen LogP contribution in [0.15, 0.2) is 35.1 Å². The maximum absolute atomic E-state index is 5.14. The van der Waals surface area contributed by atoms with Crippen LogP contribution in [0, 0.1) is 0 Å². The highest BCUT2D eigenvalue weighted by molar-refractivity contribution is 5.55. The highest BCUT2D eigenvalue weighted by Crippen LogP contribution is 2.34. The first kappa shape index (κ1) is 8.47. The molecule has 1 aromatic heterocycles. The van der Waals surface area contributed by atoms with Gasteiger partial charge in [0.2, 0.25) is 5.89 Å². The van der Waals surface area contributed by atoms with E-state index >= 15 is 0 Å². The Balaban J connectivity index is 2.06. The van der Waals surface area contributed by atoms with Crippen LogP contribution in [0.3, 0.4) is 0 Å². The first-order chi connectivity index (χ1) is 7.45. The largest absolute Gasteiger partial charge is 0.385 e. The summed E-state index contributed by atoms with van der Waals surface area (Å²) >= 11 is 0. The first-order valence-corrected chi connectivity index (χ1v) is 5.04. The Hall–Kier alpha value is -1.84. The Bertz CT molecular complexity index is 453. The smallest absolute Gasteiger partial charge is 0.234 e. The third-order valence-corrected chi connectivity index (χ3v) is 2.76. The second kappa shape index (κ2) is 3.38. The fourth-order valence-electron chi connectivity index (χ4n) is 2.06. The van der Waals surface area contributed by atoms with Gasteiger partial charge in [-0.05, 0) is 18.1 Å². The molecule has 0 fully saturated rings. The molecule has 1 aromatic carbocycles. The second-order valence-electron chi connectivity index (χ2n) is 3.63. The minimum Gasteiger partial charge on any atom is -0.385 e. The van der Waals surface area contributed by atoms with Crippen molar-refractivity contribution >= 4 is 5.69 Å². The number of hydrogen-bond donors (Lipinski definition) is 1. The summed E-state index contributed by atoms with van der Waals surface area (Å²) in [5, 5.41) is 7.03. The number of nitrogens with zero attached hydrogens (tertiary/aromatic N) is 2. The Kier molecular flexibility index (Phi) is 1.91. The van der Waals surface area contributed by atoms with Gasteiger partial charge in [0.15, 0.2) is 6.33 Å². The molecule has 4 heteroatoms. The van der Waals surface area contributed by atoms with Crippen molar-refractivity contribution in [1.82, 2.24) is 10.1 Å². The van der Waals surface area contributed by atoms with Crippen LogP contribution in [0.2, 0.25) is 0 Å². The lowest BCUT2D eigenvalue weighted by Crippen LogP contribution is -2.17. The molecule has 3 rings (SSSR count). The number of nitrogens with one attached hydrogen (secondary N) is 1. The van der Waals surface area contributed by atoms with Gasteiger partial charge in [0.05, 0.1) is 5.92 Å². The SMILES string of the molecule is c1ccc2c(c1)NCCC2c1ncno1. The van der Waals surface area contributed by atoms with Crippen molar-refractivity contribution in [3.8, 4) is 0 Å². The van der Waals surface area contributed by atoms with E-state index in [0.717, 1.165) is 13.0 Å². The van der Waals surface area contributed by atoms with E-state index < -0.39 is 0 Å². The van der Waals surface area contributed by atoms with Crippen LogP contribution >= 0.6 is 0 Å². The summed E-state index contributed by atoms with van der Waals surface area (Å²) in [6.07, 6.45) is 2.46. The minimum atomic E-state index is 0.241. The molecule has 1 atom stereocenters. The van der Waals surface area contributed by atoms with Crippen LogP contribution in [0.1, 0.15) is 23.8 Å². The zero-order chi connectivity index (χ0) is 10.1. The predicted molar refractivity (Wildman–Crippen MR) is 55.7 cm³/mol. The average molecular weight is 201 g/mol. The van der Waals surface area contributed by atoms with E-state index in [0.29, 0.717) is 5.89 Å². The molecule has 4 nitrogen and oxygen atoms in total. The molecule has 1 N–H and O–H groups in total. The Labute approximate surface area is 87.3 Å². The van der Waals surface area contributed by atoms with E-state index in [1.165, 1.54) is 17.6 Å². The van der Waals surface area contributed by atoms with Gasteiger partial charge in [0, 0.05) is 12.2 Å². The summed E-state index contributed by atoms with van der Waals surface area (Å²) in [4.78, 5) is 4.13. The fraction of sp³-hybridized carbons (Fsp3) is 0.273. The topological polar surface area (TPSA) is 51.0 Å². The second-order valence-corrected chi connectivity index (χ2v) is 3.63. The van der Waals surface area contributed by atoms with E-state index in [4.69, 9.17) is 4.52 Å². The number of benzene rings is 1. The van der Waals surface area contributed by atoms with Crippen molar-refractivity contribution < 1.29 is 4.52 Å². The van der Waals surface area contributed by atoms with Crippen LogP contribution in [0.5, 0.6) is 0 Å². The van der Waals surface area contributed by atoms with Gasteiger partial charge in [-0.3, -0.25) is 0 Å². The standard InChI is InChI=1S/C11H11N3O/c1-2-4-10-8(3-1)9(5-6-12-10)11-13-7-14-15-11/h1-4,7,9,12H,5-6H2. The summed E-state index contributed by atoms with van der Waals surface area (Å²) in [6, 6.07) is 8.26. The van der Waals surface area contributed by atoms with Gasteiger partial charge < -0.3 is 9.84 Å². The molecule has 0 radical (unpaired) electrons. The molecule has 0 aliphatic carbocycles. The van der Waals surface area contributed by atoms with E-state index in [1.807, 2.05) is 12.1 Å². The van der Waals surface area contributed by atoms with Crippen LogP contribution in [0.4, 0.5) is 5.69 Å². The quantitative estimate of drug-likeness (QED) is 0.766. The third kappa shape index (κ3) is 1.38. The summed E-state index contributed by atoms with van der Waals surface area (Å²) in [5.41, 5.74) is 2.42. The normalized spacial score (nSPS) is 19.3. The average Bonchev–Trinajstić information content (AvgIpc) is 2.82. The van der Waals surface area contributed by atoms with Crippen molar-refractivity contribution in [2.75, 3.05) is 11.9 Å². The van der Waals surface area contributed by atoms with Gasteiger partial charge in [-0.2, -0.15) is 4.98 Å². The van der Waals surface area contributed by atoms with Gasteiger partial charge in [-0.15, -0.1) is 0 Å². The lowest BCUT2D eigenvalue weighted by Gasteiger charge is -2.23. The van der Waals surface area contributed by atoms with Crippen LogP contribution in [-0.4, -0.2) is 16.7 Å². The summed E-state index contributed by atoms with van der Waals surface area (Å²) in [5.74, 6) is 0.953. The van der Waals surface area contributed by atoms with Crippen molar-refractivity contribution in [1.29, 1.82) is 0 Å². The van der Waals surface area contributed by atoms with Gasteiger partial charge >= 0.3 is 0 Å². The summed E-state index contributed by atoms with van der Waals surface area (Å²) < 4.78 is 5.14. The van der Waals surface area contributed by atoms with Gasteiger partial charge in [-0.1, -0.05) is 23.4 Å². The number of fused-ring (bicyclic) bond motifs is 1. The molecule has 2 aromatic rings. The molecule has 76 valence electrons. The van der Waals surface area contributed by atoms with E-state index in [1.54, 1.807) is 0 Å². The minimum absolute atomic E-state index is 0.241. The molecule has 0 saturated carbocycles. The number of aromatic nitrogens is 2. The van der Waals surface area contributed by atoms with Crippen molar-refractivity contribution in [3.05, 3.63) is 42.0 Å². The van der Waals surface area contributed by atoms with Crippen LogP contribution < -0.4 is 5.32 Å². The molecular weight excluding hydrogens is 190 g/mol. The molecule has 0 saturated heterocycles. The zero-order valence-corrected chi connectivity index (χ0v) is 8.18. The highest BCUT2D eigenvalue weighted by atomic mass is 16.5. The molecular formula is C11H11N3O. The number of hydrogen-bond acceptors (Lipinski definition) is 4. The zero-order valence-electron chi connectivity index (χ0n) is 8.18. The Morgan fingerprint density at radius 2 is 2.27 bits per heavy atom. The van der Waals surface area contributed by atoms with Crippen molar-refractivity contribution in [2.45, 2.75) is 12.3 Å². The van der Waals surface area contributed by atoms with E-state index in [2.05, 4.69) is 27.6 Å². The lowest BCUT2D eigenvalue weighted by atomic mass is 9.91. The fourth-order valence-corrected chi connectivity index (χ4v) is 2.06. The molecule has 2 heterocycles. The van der Waals surface area contributed by atoms with Gasteiger partial charge in [0.1, 0.15) is 0 Å². The monoisotopic (exact) mass is 201 g/mol. The molecule has 0 bridgehead atoms. The molecule has 0 spiro atoms. The van der Waals surface area contributed by atoms with Crippen molar-refractivity contribution in [3.63, 3.8) is 0 Å². The maximum Gasteiger partial charge on any atom is 0.234 e. The van der Waals surface area contributed by atoms with Gasteiger partial charge in [-0.25, -0.2) is 0 Å². The highest BCUT2D eigenvalue weighted by Gasteiger charge is 2.24. The molecule has 15 heavy (non-hydrogen) atoms. The van der Waals surface area contributed by atoms with Crippen LogP contribution in [-0.2, 0) is 0 Å². The summed E-state index contributed by atoms with van der Waals surface area (Å²) in [7, 11) is 0. The summed E-state index contributed by atoms with van der Waals surface area (Å²) in [6.45, 7) is 0.948. The first-order valence-electron chi connectivity index (χ1n) is 5.04. The molecule has 1 aliphatic rings. The number of anilines is 1. The molecule has 1 aliphatic heterocycles. The maximum atomic E-state index is 5.14. The van der Waals surface area contributed by atoms with E-state index in [9.17, 15) is 0 Å². The molecule has 1 unspecified atom stereocenters. The van der Waals surface area contributed by atoms with E-state index in [-0.39, 0.29) is 5.92 Å². The number of para-hydroxylation sites is 1. The predicted octanol–water partition coefficient (Wildman–Crippen LogP) is 2.02. The van der Waals surface area contributed by atoms with Gasteiger partial charge in [0.25, 0.3) is 0 Å². The third-order valence-electron chi connectivity index (χ3n) is 2.76. The van der Waals surface area contributed by atoms with Crippen molar-refractivity contribution in [2.24, 2.45) is 0 Å². The van der Waals surface area contributed by atoms with Crippen LogP contribution in [0.25, 0.3) is 0 Å².